The summed E-state index contributed by atoms with van der Waals surface area (Å²) in [6, 6.07) is 6.34. The predicted molar refractivity (Wildman–Crippen MR) is 76.1 cm³/mol. The molecule has 1 saturated heterocycles. The third kappa shape index (κ3) is 2.50. The maximum atomic E-state index is 11.4. The molecule has 1 fully saturated rings. The molecule has 0 radical (unpaired) electrons. The molecule has 0 saturated carbocycles. The Hall–Kier alpha value is -1.51. The van der Waals surface area contributed by atoms with Gasteiger partial charge in [-0.25, -0.2) is 0 Å². The summed E-state index contributed by atoms with van der Waals surface area (Å²) in [5.41, 5.74) is 8.31. The molecule has 0 bridgehead atoms. The molecule has 98 valence electrons. The Morgan fingerprint density at radius 2 is 2.06 bits per heavy atom. The van der Waals surface area contributed by atoms with Crippen LogP contribution in [-0.4, -0.2) is 18.4 Å². The van der Waals surface area contributed by atoms with Crippen LogP contribution < -0.4 is 10.6 Å². The zero-order chi connectivity index (χ0) is 13.3. The quantitative estimate of drug-likeness (QED) is 0.644. The molecular formula is C15H22N2O. The van der Waals surface area contributed by atoms with E-state index in [9.17, 15) is 4.79 Å². The van der Waals surface area contributed by atoms with Gasteiger partial charge in [-0.1, -0.05) is 6.92 Å². The zero-order valence-corrected chi connectivity index (χ0v) is 11.4. The van der Waals surface area contributed by atoms with Crippen molar-refractivity contribution in [2.24, 2.45) is 5.92 Å². The van der Waals surface area contributed by atoms with Crippen molar-refractivity contribution in [3.05, 3.63) is 23.8 Å². The Morgan fingerprint density at radius 3 is 2.67 bits per heavy atom. The lowest BCUT2D eigenvalue weighted by Gasteiger charge is -2.38. The number of nitrogens with zero attached hydrogens (tertiary/aromatic N) is 1. The lowest BCUT2D eigenvalue weighted by atomic mass is 9.94. The van der Waals surface area contributed by atoms with Crippen molar-refractivity contribution >= 4 is 17.2 Å². The van der Waals surface area contributed by atoms with Crippen molar-refractivity contribution in [1.29, 1.82) is 0 Å². The SMILES string of the molecule is CC(=O)c1ccc(N2CC(C)CCC2C)cc1N. The first-order valence-corrected chi connectivity index (χ1v) is 6.66. The highest BCUT2D eigenvalue weighted by molar-refractivity contribution is 5.99. The molecule has 1 aliphatic heterocycles. The van der Waals surface area contributed by atoms with Gasteiger partial charge in [0, 0.05) is 29.5 Å². The molecule has 2 unspecified atom stereocenters. The maximum absolute atomic E-state index is 11.4. The minimum atomic E-state index is 0.0270. The number of nitrogens with two attached hydrogens (primary N) is 1. The average Bonchev–Trinajstić information content (AvgIpc) is 2.31. The molecule has 1 heterocycles. The summed E-state index contributed by atoms with van der Waals surface area (Å²) < 4.78 is 0. The Bertz CT molecular complexity index is 456. The second kappa shape index (κ2) is 5.01. The molecule has 0 aromatic heterocycles. The summed E-state index contributed by atoms with van der Waals surface area (Å²) in [7, 11) is 0. The van der Waals surface area contributed by atoms with Gasteiger partial charge in [0.15, 0.2) is 5.78 Å². The van der Waals surface area contributed by atoms with Crippen LogP contribution in [0.5, 0.6) is 0 Å². The number of benzene rings is 1. The van der Waals surface area contributed by atoms with Crippen LogP contribution in [-0.2, 0) is 0 Å². The standard InChI is InChI=1S/C15H22N2O/c1-10-4-5-11(2)17(9-10)13-6-7-14(12(3)18)15(16)8-13/h6-8,10-11H,4-5,9,16H2,1-3H3. The van der Waals surface area contributed by atoms with Crippen LogP contribution in [0.1, 0.15) is 44.0 Å². The molecule has 0 aliphatic carbocycles. The highest BCUT2D eigenvalue weighted by Gasteiger charge is 2.23. The highest BCUT2D eigenvalue weighted by atomic mass is 16.1. The third-order valence-corrected chi connectivity index (χ3v) is 3.86. The largest absolute Gasteiger partial charge is 0.398 e. The van der Waals surface area contributed by atoms with E-state index in [1.807, 2.05) is 18.2 Å². The van der Waals surface area contributed by atoms with Gasteiger partial charge in [0.2, 0.25) is 0 Å². The van der Waals surface area contributed by atoms with E-state index in [4.69, 9.17) is 5.73 Å². The summed E-state index contributed by atoms with van der Waals surface area (Å²) in [6.45, 7) is 7.16. The fourth-order valence-electron chi connectivity index (χ4n) is 2.70. The second-order valence-corrected chi connectivity index (χ2v) is 5.51. The molecule has 0 spiro atoms. The van der Waals surface area contributed by atoms with Gasteiger partial charge in [0.05, 0.1) is 0 Å². The van der Waals surface area contributed by atoms with Crippen molar-refractivity contribution in [2.75, 3.05) is 17.2 Å². The smallest absolute Gasteiger partial charge is 0.161 e. The number of carbonyl (C=O) groups excluding carboxylic acids is 1. The average molecular weight is 246 g/mol. The first-order valence-electron chi connectivity index (χ1n) is 6.66. The molecule has 1 aromatic carbocycles. The lowest BCUT2D eigenvalue weighted by molar-refractivity contribution is 0.101. The van der Waals surface area contributed by atoms with Crippen molar-refractivity contribution in [2.45, 2.75) is 39.7 Å². The van der Waals surface area contributed by atoms with Gasteiger partial charge in [0.1, 0.15) is 0 Å². The van der Waals surface area contributed by atoms with Crippen LogP contribution in [0.25, 0.3) is 0 Å². The Kier molecular flexibility index (Phi) is 3.60. The number of rotatable bonds is 2. The molecule has 2 N–H and O–H groups in total. The zero-order valence-electron chi connectivity index (χ0n) is 11.4. The Labute approximate surface area is 109 Å². The first kappa shape index (κ1) is 12.9. The van der Waals surface area contributed by atoms with E-state index >= 15 is 0 Å². The lowest BCUT2D eigenvalue weighted by Crippen LogP contribution is -2.41. The molecule has 0 amide bonds. The summed E-state index contributed by atoms with van der Waals surface area (Å²) >= 11 is 0. The molecule has 18 heavy (non-hydrogen) atoms. The Morgan fingerprint density at radius 1 is 1.33 bits per heavy atom. The summed E-state index contributed by atoms with van der Waals surface area (Å²) in [4.78, 5) is 13.8. The molecule has 3 nitrogen and oxygen atoms in total. The van der Waals surface area contributed by atoms with Crippen LogP contribution in [0.15, 0.2) is 18.2 Å². The number of hydrogen-bond donors (Lipinski definition) is 1. The molecular weight excluding hydrogens is 224 g/mol. The van der Waals surface area contributed by atoms with Crippen LogP contribution >= 0.6 is 0 Å². The van der Waals surface area contributed by atoms with E-state index < -0.39 is 0 Å². The van der Waals surface area contributed by atoms with Gasteiger partial charge in [0.25, 0.3) is 0 Å². The summed E-state index contributed by atoms with van der Waals surface area (Å²) in [6.07, 6.45) is 2.51. The van der Waals surface area contributed by atoms with Crippen molar-refractivity contribution in [3.63, 3.8) is 0 Å². The molecule has 2 atom stereocenters. The number of Topliss-reactive ketones (excluding diaryl/α,β-unsaturated/α-hetero) is 1. The molecule has 1 aliphatic rings. The normalized spacial score (nSPS) is 24.1. The van der Waals surface area contributed by atoms with E-state index in [1.54, 1.807) is 6.92 Å². The summed E-state index contributed by atoms with van der Waals surface area (Å²) in [5, 5.41) is 0. The van der Waals surface area contributed by atoms with Gasteiger partial charge in [-0.15, -0.1) is 0 Å². The van der Waals surface area contributed by atoms with E-state index in [-0.39, 0.29) is 5.78 Å². The van der Waals surface area contributed by atoms with E-state index in [2.05, 4.69) is 18.7 Å². The van der Waals surface area contributed by atoms with Crippen LogP contribution in [0, 0.1) is 5.92 Å². The third-order valence-electron chi connectivity index (χ3n) is 3.86. The number of anilines is 2. The number of hydrogen-bond acceptors (Lipinski definition) is 3. The number of nitrogen functional groups attached to an aromatic ring is 1. The van der Waals surface area contributed by atoms with Crippen LogP contribution in [0.3, 0.4) is 0 Å². The van der Waals surface area contributed by atoms with Crippen LogP contribution in [0.2, 0.25) is 0 Å². The number of piperidine rings is 1. The number of carbonyl (C=O) groups is 1. The van der Waals surface area contributed by atoms with Crippen molar-refractivity contribution in [3.8, 4) is 0 Å². The fraction of sp³-hybridized carbons (Fsp3) is 0.533. The maximum Gasteiger partial charge on any atom is 0.161 e. The molecule has 2 rings (SSSR count). The summed E-state index contributed by atoms with van der Waals surface area (Å²) in [5.74, 6) is 0.744. The minimum absolute atomic E-state index is 0.0270. The Balaban J connectivity index is 2.28. The predicted octanol–water partition coefficient (Wildman–Crippen LogP) is 3.10. The van der Waals surface area contributed by atoms with E-state index in [0.29, 0.717) is 17.3 Å². The topological polar surface area (TPSA) is 46.3 Å². The highest BCUT2D eigenvalue weighted by Crippen LogP contribution is 2.29. The van der Waals surface area contributed by atoms with Gasteiger partial charge in [-0.05, 0) is 50.8 Å². The van der Waals surface area contributed by atoms with Gasteiger partial charge in [-0.3, -0.25) is 4.79 Å². The van der Waals surface area contributed by atoms with Gasteiger partial charge < -0.3 is 10.6 Å². The van der Waals surface area contributed by atoms with Crippen molar-refractivity contribution in [1.82, 2.24) is 0 Å². The van der Waals surface area contributed by atoms with Gasteiger partial charge in [-0.2, -0.15) is 0 Å². The molecule has 1 aromatic rings. The van der Waals surface area contributed by atoms with Crippen molar-refractivity contribution < 1.29 is 4.79 Å². The number of ketones is 1. The second-order valence-electron chi connectivity index (χ2n) is 5.51. The molecule has 3 heteroatoms. The van der Waals surface area contributed by atoms with Crippen LogP contribution in [0.4, 0.5) is 11.4 Å². The first-order chi connectivity index (χ1) is 8.49. The van der Waals surface area contributed by atoms with E-state index in [1.165, 1.54) is 12.8 Å². The monoisotopic (exact) mass is 246 g/mol. The van der Waals surface area contributed by atoms with E-state index in [0.717, 1.165) is 18.2 Å². The minimum Gasteiger partial charge on any atom is -0.398 e. The van der Waals surface area contributed by atoms with Gasteiger partial charge >= 0.3 is 0 Å². The fourth-order valence-corrected chi connectivity index (χ4v) is 2.70.